The van der Waals surface area contributed by atoms with Crippen molar-refractivity contribution in [3.8, 4) is 11.1 Å². The zero-order valence-electron chi connectivity index (χ0n) is 17.1. The predicted octanol–water partition coefficient (Wildman–Crippen LogP) is 5.40. The van der Waals surface area contributed by atoms with Crippen molar-refractivity contribution in [2.24, 2.45) is 0 Å². The van der Waals surface area contributed by atoms with Crippen LogP contribution in [0.1, 0.15) is 48.4 Å². The standard InChI is InChI=1S/C24H24ClNO4S/c1-13-12-31-24-21(13)22(15-3-2-4-16(25)9-15)19(23(26-24)14-5-6-14)8-7-17(27)10-18(28)11-20(29)30/h2-4,7-9,12,14,17-18,27-28H,5-6,10-11H2,1H3,(H,29,30)/b8-7+/t17-,18-/m1/s1. The van der Waals surface area contributed by atoms with Crippen molar-refractivity contribution >= 4 is 45.2 Å². The van der Waals surface area contributed by atoms with Crippen LogP contribution in [0.5, 0.6) is 0 Å². The van der Waals surface area contributed by atoms with Crippen LogP contribution in [-0.2, 0) is 4.79 Å². The van der Waals surface area contributed by atoms with Gasteiger partial charge >= 0.3 is 5.97 Å². The second-order valence-electron chi connectivity index (χ2n) is 8.08. The van der Waals surface area contributed by atoms with E-state index in [4.69, 9.17) is 21.7 Å². The molecule has 0 aliphatic heterocycles. The molecule has 0 radical (unpaired) electrons. The molecule has 0 spiro atoms. The average molecular weight is 458 g/mol. The highest BCUT2D eigenvalue weighted by Crippen LogP contribution is 2.47. The summed E-state index contributed by atoms with van der Waals surface area (Å²) >= 11 is 7.93. The number of aryl methyl sites for hydroxylation is 1. The Kier molecular flexibility index (Phi) is 6.44. The van der Waals surface area contributed by atoms with Gasteiger partial charge in [-0.05, 0) is 48.4 Å². The van der Waals surface area contributed by atoms with Crippen molar-refractivity contribution in [1.82, 2.24) is 4.98 Å². The molecule has 2 aromatic heterocycles. The summed E-state index contributed by atoms with van der Waals surface area (Å²) in [7, 11) is 0. The Morgan fingerprint density at radius 3 is 2.81 bits per heavy atom. The Morgan fingerprint density at radius 2 is 2.13 bits per heavy atom. The lowest BCUT2D eigenvalue weighted by Gasteiger charge is -2.16. The third-order valence-electron chi connectivity index (χ3n) is 5.46. The largest absolute Gasteiger partial charge is 0.481 e. The number of carboxylic acid groups (broad SMARTS) is 1. The Balaban J connectivity index is 1.81. The predicted molar refractivity (Wildman–Crippen MR) is 125 cm³/mol. The number of carboxylic acids is 1. The third-order valence-corrected chi connectivity index (χ3v) is 6.68. The molecule has 3 aromatic rings. The molecular formula is C24H24ClNO4S. The lowest BCUT2D eigenvalue weighted by molar-refractivity contribution is -0.139. The first-order chi connectivity index (χ1) is 14.8. The highest BCUT2D eigenvalue weighted by Gasteiger charge is 2.30. The molecule has 0 saturated heterocycles. The number of nitrogens with zero attached hydrogens (tertiary/aromatic N) is 1. The molecule has 2 heterocycles. The van der Waals surface area contributed by atoms with E-state index < -0.39 is 24.6 Å². The van der Waals surface area contributed by atoms with Crippen LogP contribution in [0, 0.1) is 6.92 Å². The maximum Gasteiger partial charge on any atom is 0.305 e. The number of thiophene rings is 1. The first-order valence-electron chi connectivity index (χ1n) is 10.3. The molecule has 3 N–H and O–H groups in total. The highest BCUT2D eigenvalue weighted by molar-refractivity contribution is 7.17. The van der Waals surface area contributed by atoms with E-state index in [0.717, 1.165) is 51.0 Å². The van der Waals surface area contributed by atoms with Gasteiger partial charge in [0.15, 0.2) is 0 Å². The third kappa shape index (κ3) is 4.99. The number of fused-ring (bicyclic) bond motifs is 1. The van der Waals surface area contributed by atoms with E-state index >= 15 is 0 Å². The summed E-state index contributed by atoms with van der Waals surface area (Å²) < 4.78 is 0. The van der Waals surface area contributed by atoms with Crippen LogP contribution in [0.3, 0.4) is 0 Å². The van der Waals surface area contributed by atoms with Crippen LogP contribution in [0.15, 0.2) is 35.7 Å². The Labute approximate surface area is 189 Å². The fourth-order valence-corrected chi connectivity index (χ4v) is 5.01. The molecule has 162 valence electrons. The molecular weight excluding hydrogens is 434 g/mol. The minimum Gasteiger partial charge on any atom is -0.481 e. The number of aliphatic hydroxyl groups excluding tert-OH is 2. The van der Waals surface area contributed by atoms with E-state index in [1.54, 1.807) is 17.4 Å². The van der Waals surface area contributed by atoms with Crippen LogP contribution in [0.4, 0.5) is 0 Å². The Hall–Kier alpha value is -2.25. The quantitative estimate of drug-likeness (QED) is 0.421. The van der Waals surface area contributed by atoms with Gasteiger partial charge in [0.1, 0.15) is 4.83 Å². The first-order valence-corrected chi connectivity index (χ1v) is 11.5. The van der Waals surface area contributed by atoms with Crippen LogP contribution in [0.25, 0.3) is 27.4 Å². The van der Waals surface area contributed by atoms with Gasteiger partial charge in [-0.3, -0.25) is 4.79 Å². The summed E-state index contributed by atoms with van der Waals surface area (Å²) in [6.07, 6.45) is 3.15. The van der Waals surface area contributed by atoms with Crippen LogP contribution in [0.2, 0.25) is 5.02 Å². The Morgan fingerprint density at radius 1 is 1.35 bits per heavy atom. The van der Waals surface area contributed by atoms with Gasteiger partial charge in [-0.2, -0.15) is 0 Å². The summed E-state index contributed by atoms with van der Waals surface area (Å²) in [5.41, 5.74) is 5.13. The topological polar surface area (TPSA) is 90.7 Å². The molecule has 1 saturated carbocycles. The Bertz CT molecular complexity index is 1150. The summed E-state index contributed by atoms with van der Waals surface area (Å²) in [5.74, 6) is -0.704. The van der Waals surface area contributed by atoms with Gasteiger partial charge in [0.05, 0.1) is 24.3 Å². The molecule has 0 unspecified atom stereocenters. The van der Waals surface area contributed by atoms with Gasteiger partial charge in [0, 0.05) is 33.9 Å². The molecule has 1 fully saturated rings. The fourth-order valence-electron chi connectivity index (χ4n) is 3.88. The molecule has 7 heteroatoms. The number of benzene rings is 1. The van der Waals surface area contributed by atoms with Gasteiger partial charge in [-0.25, -0.2) is 4.98 Å². The molecule has 4 rings (SSSR count). The van der Waals surface area contributed by atoms with E-state index in [2.05, 4.69) is 12.3 Å². The number of halogens is 1. The number of hydrogen-bond donors (Lipinski definition) is 3. The number of carbonyl (C=O) groups is 1. The molecule has 0 bridgehead atoms. The van der Waals surface area contributed by atoms with E-state index in [0.29, 0.717) is 10.9 Å². The first kappa shape index (κ1) is 22.0. The maximum atomic E-state index is 10.8. The smallest absolute Gasteiger partial charge is 0.305 e. The van der Waals surface area contributed by atoms with Crippen molar-refractivity contribution in [1.29, 1.82) is 0 Å². The molecule has 1 aromatic carbocycles. The van der Waals surface area contributed by atoms with Crippen molar-refractivity contribution in [2.75, 3.05) is 0 Å². The molecule has 1 aliphatic rings. The number of pyridine rings is 1. The van der Waals surface area contributed by atoms with E-state index in [1.165, 1.54) is 0 Å². The minimum atomic E-state index is -1.10. The van der Waals surface area contributed by atoms with Crippen LogP contribution >= 0.6 is 22.9 Å². The molecule has 5 nitrogen and oxygen atoms in total. The number of aromatic nitrogens is 1. The van der Waals surface area contributed by atoms with Crippen molar-refractivity contribution in [3.05, 3.63) is 57.6 Å². The summed E-state index contributed by atoms with van der Waals surface area (Å²) in [6.45, 7) is 2.07. The second-order valence-corrected chi connectivity index (χ2v) is 9.38. The molecule has 0 amide bonds. The highest BCUT2D eigenvalue weighted by atomic mass is 35.5. The maximum absolute atomic E-state index is 10.8. The fraction of sp³-hybridized carbons (Fsp3) is 0.333. The zero-order valence-corrected chi connectivity index (χ0v) is 18.7. The average Bonchev–Trinajstić information content (AvgIpc) is 3.48. The number of rotatable bonds is 8. The van der Waals surface area contributed by atoms with E-state index in [-0.39, 0.29) is 6.42 Å². The summed E-state index contributed by atoms with van der Waals surface area (Å²) in [5, 5.41) is 32.9. The molecule has 31 heavy (non-hydrogen) atoms. The SMILES string of the molecule is Cc1csc2nc(C3CC3)c(/C=C/[C@@H](O)C[C@@H](O)CC(=O)O)c(-c3cccc(Cl)c3)c12. The summed E-state index contributed by atoms with van der Waals surface area (Å²) in [4.78, 5) is 16.7. The van der Waals surface area contributed by atoms with E-state index in [9.17, 15) is 15.0 Å². The second kappa shape index (κ2) is 9.09. The van der Waals surface area contributed by atoms with Gasteiger partial charge < -0.3 is 15.3 Å². The molecule has 1 aliphatic carbocycles. The van der Waals surface area contributed by atoms with Crippen molar-refractivity contribution in [2.45, 2.75) is 50.7 Å². The van der Waals surface area contributed by atoms with Gasteiger partial charge in [-0.15, -0.1) is 11.3 Å². The van der Waals surface area contributed by atoms with Crippen molar-refractivity contribution in [3.63, 3.8) is 0 Å². The summed E-state index contributed by atoms with van der Waals surface area (Å²) in [6, 6.07) is 7.73. The van der Waals surface area contributed by atoms with Gasteiger partial charge in [-0.1, -0.05) is 35.9 Å². The number of aliphatic carboxylic acids is 1. The van der Waals surface area contributed by atoms with Crippen LogP contribution in [-0.4, -0.2) is 38.5 Å². The van der Waals surface area contributed by atoms with E-state index in [1.807, 2.05) is 30.3 Å². The van der Waals surface area contributed by atoms with Crippen molar-refractivity contribution < 1.29 is 20.1 Å². The lowest BCUT2D eigenvalue weighted by atomic mass is 9.92. The van der Waals surface area contributed by atoms with Crippen LogP contribution < -0.4 is 0 Å². The minimum absolute atomic E-state index is 0.0405. The monoisotopic (exact) mass is 457 g/mol. The number of aliphatic hydroxyl groups is 2. The lowest BCUT2D eigenvalue weighted by Crippen LogP contribution is -2.19. The number of hydrogen-bond acceptors (Lipinski definition) is 5. The molecule has 2 atom stereocenters. The van der Waals surface area contributed by atoms with Gasteiger partial charge in [0.2, 0.25) is 0 Å². The van der Waals surface area contributed by atoms with Gasteiger partial charge in [0.25, 0.3) is 0 Å². The normalized spacial score (nSPS) is 16.1. The zero-order chi connectivity index (χ0) is 22.1.